The van der Waals surface area contributed by atoms with Gasteiger partial charge in [0.2, 0.25) is 5.91 Å². The number of rotatable bonds is 9. The van der Waals surface area contributed by atoms with Crippen LogP contribution < -0.4 is 15.0 Å². The van der Waals surface area contributed by atoms with Crippen molar-refractivity contribution in [2.45, 2.75) is 6.54 Å². The first-order valence-electron chi connectivity index (χ1n) is 9.25. The van der Waals surface area contributed by atoms with Crippen LogP contribution in [0.1, 0.15) is 5.56 Å². The number of benzene rings is 3. The first-order chi connectivity index (χ1) is 13.8. The smallest absolute Gasteiger partial charge is 0.245 e. The van der Waals surface area contributed by atoms with Gasteiger partial charge in [-0.15, -0.1) is 12.4 Å². The Morgan fingerprint density at radius 3 is 2.00 bits per heavy atom. The predicted molar refractivity (Wildman–Crippen MR) is 118 cm³/mol. The number of hydrogen-bond donors (Lipinski definition) is 2. The second kappa shape index (κ2) is 11.9. The van der Waals surface area contributed by atoms with Crippen molar-refractivity contribution in [1.82, 2.24) is 5.32 Å². The maximum Gasteiger partial charge on any atom is 0.245 e. The van der Waals surface area contributed by atoms with E-state index in [2.05, 4.69) is 5.32 Å². The third-order valence-corrected chi connectivity index (χ3v) is 4.19. The van der Waals surface area contributed by atoms with Crippen LogP contribution in [0.25, 0.3) is 0 Å². The number of carbonyl (C=O) groups is 1. The second-order valence-electron chi connectivity index (χ2n) is 6.18. The number of ether oxygens (including phenoxy) is 1. The average molecular weight is 413 g/mol. The van der Waals surface area contributed by atoms with Crippen molar-refractivity contribution >= 4 is 29.7 Å². The van der Waals surface area contributed by atoms with Gasteiger partial charge in [-0.1, -0.05) is 54.6 Å². The van der Waals surface area contributed by atoms with E-state index in [-0.39, 0.29) is 38.1 Å². The van der Waals surface area contributed by atoms with Crippen LogP contribution in [0, 0.1) is 0 Å². The number of aliphatic hydroxyl groups is 1. The van der Waals surface area contributed by atoms with Gasteiger partial charge >= 0.3 is 0 Å². The van der Waals surface area contributed by atoms with Gasteiger partial charge in [0, 0.05) is 23.5 Å². The molecule has 3 aromatic carbocycles. The Hall–Kier alpha value is -2.86. The molecule has 0 aliphatic rings. The van der Waals surface area contributed by atoms with E-state index in [1.165, 1.54) is 0 Å². The zero-order valence-electron chi connectivity index (χ0n) is 16.0. The fraction of sp³-hybridized carbons (Fsp3) is 0.174. The number of carbonyl (C=O) groups excluding carboxylic acids is 1. The highest BCUT2D eigenvalue weighted by Gasteiger charge is 2.17. The van der Waals surface area contributed by atoms with Crippen LogP contribution in [0.2, 0.25) is 0 Å². The summed E-state index contributed by atoms with van der Waals surface area (Å²) in [5.41, 5.74) is 2.59. The number of aliphatic hydroxyl groups excluding tert-OH is 1. The van der Waals surface area contributed by atoms with Gasteiger partial charge in [-0.25, -0.2) is 0 Å². The minimum atomic E-state index is -0.0499. The summed E-state index contributed by atoms with van der Waals surface area (Å²) in [4.78, 5) is 14.7. The third kappa shape index (κ3) is 6.32. The number of para-hydroxylation sites is 3. The van der Waals surface area contributed by atoms with Gasteiger partial charge in [-0.2, -0.15) is 0 Å². The molecule has 5 nitrogen and oxygen atoms in total. The van der Waals surface area contributed by atoms with Gasteiger partial charge in [0.1, 0.15) is 12.4 Å². The van der Waals surface area contributed by atoms with E-state index in [9.17, 15) is 4.79 Å². The summed E-state index contributed by atoms with van der Waals surface area (Å²) in [6.45, 7) is 0.873. The van der Waals surface area contributed by atoms with E-state index in [0.717, 1.165) is 16.9 Å². The monoisotopic (exact) mass is 412 g/mol. The van der Waals surface area contributed by atoms with Crippen LogP contribution in [0.3, 0.4) is 0 Å². The molecule has 1 amide bonds. The van der Waals surface area contributed by atoms with Crippen molar-refractivity contribution in [3.05, 3.63) is 90.5 Å². The fourth-order valence-electron chi connectivity index (χ4n) is 2.92. The molecule has 6 heteroatoms. The maximum absolute atomic E-state index is 13.0. The van der Waals surface area contributed by atoms with Crippen LogP contribution in [0.4, 0.5) is 11.4 Å². The van der Waals surface area contributed by atoms with Crippen molar-refractivity contribution in [3.8, 4) is 5.75 Å². The largest absolute Gasteiger partial charge is 0.491 e. The van der Waals surface area contributed by atoms with Gasteiger partial charge in [0.25, 0.3) is 0 Å². The molecule has 2 N–H and O–H groups in total. The van der Waals surface area contributed by atoms with E-state index in [0.29, 0.717) is 12.3 Å². The second-order valence-corrected chi connectivity index (χ2v) is 6.18. The molecule has 29 heavy (non-hydrogen) atoms. The Kier molecular flexibility index (Phi) is 9.18. The summed E-state index contributed by atoms with van der Waals surface area (Å²) in [7, 11) is 0. The molecular formula is C23H25ClN2O3. The molecule has 0 aliphatic heterocycles. The molecule has 0 saturated carbocycles. The number of nitrogens with one attached hydrogen (secondary N) is 1. The normalized spacial score (nSPS) is 10.1. The van der Waals surface area contributed by atoms with Crippen molar-refractivity contribution in [1.29, 1.82) is 0 Å². The molecule has 3 aromatic rings. The molecule has 3 rings (SSSR count). The van der Waals surface area contributed by atoms with Gasteiger partial charge in [0.05, 0.1) is 13.2 Å². The van der Waals surface area contributed by atoms with E-state index >= 15 is 0 Å². The Labute approximate surface area is 177 Å². The number of nitrogens with zero attached hydrogens (tertiary/aromatic N) is 1. The molecule has 0 aliphatic carbocycles. The lowest BCUT2D eigenvalue weighted by atomic mass is 10.2. The Balaban J connectivity index is 0.00000300. The van der Waals surface area contributed by atoms with E-state index in [4.69, 9.17) is 9.84 Å². The maximum atomic E-state index is 13.0. The highest BCUT2D eigenvalue weighted by Crippen LogP contribution is 2.25. The topological polar surface area (TPSA) is 61.8 Å². The van der Waals surface area contributed by atoms with Gasteiger partial charge in [-0.3, -0.25) is 9.69 Å². The molecule has 0 spiro atoms. The van der Waals surface area contributed by atoms with E-state index in [1.807, 2.05) is 84.9 Å². The zero-order valence-corrected chi connectivity index (χ0v) is 16.8. The minimum absolute atomic E-state index is 0. The van der Waals surface area contributed by atoms with Crippen LogP contribution >= 0.6 is 12.4 Å². The summed E-state index contributed by atoms with van der Waals surface area (Å²) in [5, 5.41) is 12.2. The van der Waals surface area contributed by atoms with Crippen molar-refractivity contribution in [2.24, 2.45) is 0 Å². The quantitative estimate of drug-likeness (QED) is 0.559. The standard InChI is InChI=1S/C23H24N2O3.ClH/c26-15-16-28-22-14-8-7-9-19(22)17-24-18-23(27)25(20-10-3-1-4-11-20)21-12-5-2-6-13-21;/h1-14,24,26H,15-18H2;1H. The van der Waals surface area contributed by atoms with Gasteiger partial charge in [-0.05, 0) is 30.3 Å². The lowest BCUT2D eigenvalue weighted by Gasteiger charge is -2.23. The summed E-state index contributed by atoms with van der Waals surface area (Å²) in [5.74, 6) is 0.658. The molecular weight excluding hydrogens is 388 g/mol. The Bertz CT molecular complexity index is 836. The summed E-state index contributed by atoms with van der Waals surface area (Å²) >= 11 is 0. The lowest BCUT2D eigenvalue weighted by molar-refractivity contribution is -0.117. The molecule has 152 valence electrons. The predicted octanol–water partition coefficient (Wildman–Crippen LogP) is 3.93. The third-order valence-electron chi connectivity index (χ3n) is 4.19. The zero-order chi connectivity index (χ0) is 19.6. The first kappa shape index (κ1) is 22.4. The highest BCUT2D eigenvalue weighted by atomic mass is 35.5. The SMILES string of the molecule is Cl.O=C(CNCc1ccccc1OCCO)N(c1ccccc1)c1ccccc1. The molecule has 0 radical (unpaired) electrons. The minimum Gasteiger partial charge on any atom is -0.491 e. The summed E-state index contributed by atoms with van der Waals surface area (Å²) in [6, 6.07) is 26.8. The van der Waals surface area contributed by atoms with Crippen LogP contribution in [0.5, 0.6) is 5.75 Å². The van der Waals surface area contributed by atoms with Crippen LogP contribution in [0.15, 0.2) is 84.9 Å². The number of halogens is 1. The highest BCUT2D eigenvalue weighted by molar-refractivity contribution is 6.01. The fourth-order valence-corrected chi connectivity index (χ4v) is 2.92. The first-order valence-corrected chi connectivity index (χ1v) is 9.25. The Morgan fingerprint density at radius 1 is 0.862 bits per heavy atom. The summed E-state index contributed by atoms with van der Waals surface area (Å²) < 4.78 is 5.54. The van der Waals surface area contributed by atoms with Crippen LogP contribution in [-0.2, 0) is 11.3 Å². The van der Waals surface area contributed by atoms with Gasteiger partial charge in [0.15, 0.2) is 0 Å². The molecule has 0 heterocycles. The lowest BCUT2D eigenvalue weighted by Crippen LogP contribution is -2.35. The van der Waals surface area contributed by atoms with Crippen molar-refractivity contribution in [3.63, 3.8) is 0 Å². The molecule has 0 aromatic heterocycles. The van der Waals surface area contributed by atoms with Crippen LogP contribution in [-0.4, -0.2) is 30.8 Å². The Morgan fingerprint density at radius 2 is 1.41 bits per heavy atom. The van der Waals surface area contributed by atoms with E-state index in [1.54, 1.807) is 4.90 Å². The van der Waals surface area contributed by atoms with E-state index < -0.39 is 0 Å². The number of anilines is 2. The van der Waals surface area contributed by atoms with Crippen molar-refractivity contribution in [2.75, 3.05) is 24.7 Å². The molecule has 0 atom stereocenters. The van der Waals surface area contributed by atoms with Crippen molar-refractivity contribution < 1.29 is 14.6 Å². The average Bonchev–Trinajstić information content (AvgIpc) is 2.75. The summed E-state index contributed by atoms with van der Waals surface area (Å²) in [6.07, 6.45) is 0. The number of amides is 1. The molecule has 0 bridgehead atoms. The molecule has 0 unspecified atom stereocenters. The molecule has 0 fully saturated rings. The van der Waals surface area contributed by atoms with Gasteiger partial charge < -0.3 is 15.2 Å². The number of hydrogen-bond acceptors (Lipinski definition) is 4. The molecule has 0 saturated heterocycles.